The molecule has 36 heavy (non-hydrogen) atoms. The molecule has 0 spiro atoms. The van der Waals surface area contributed by atoms with Crippen LogP contribution < -0.4 is 9.47 Å². The van der Waals surface area contributed by atoms with Gasteiger partial charge < -0.3 is 19.3 Å². The first-order chi connectivity index (χ1) is 17.3. The molecule has 0 N–H and O–H groups in total. The number of rotatable bonds is 9. The summed E-state index contributed by atoms with van der Waals surface area (Å²) in [5.41, 5.74) is 7.84. The van der Waals surface area contributed by atoms with Gasteiger partial charge in [-0.2, -0.15) is 0 Å². The Kier molecular flexibility index (Phi) is 9.35. The van der Waals surface area contributed by atoms with E-state index in [0.717, 1.165) is 50.6 Å². The van der Waals surface area contributed by atoms with Crippen LogP contribution in [0.25, 0.3) is 0 Å². The smallest absolute Gasteiger partial charge is 0.125 e. The first kappa shape index (κ1) is 27.0. The van der Waals surface area contributed by atoms with Gasteiger partial charge in [-0.1, -0.05) is 24.3 Å². The Labute approximate surface area is 220 Å². The molecule has 0 radical (unpaired) electrons. The van der Waals surface area contributed by atoms with Crippen molar-refractivity contribution in [3.8, 4) is 11.5 Å². The Balaban J connectivity index is 1.32. The fourth-order valence-electron chi connectivity index (χ4n) is 6.33. The van der Waals surface area contributed by atoms with E-state index in [9.17, 15) is 0 Å². The summed E-state index contributed by atoms with van der Waals surface area (Å²) in [6, 6.07) is 9.31. The molecular weight excluding hydrogens is 444 g/mol. The summed E-state index contributed by atoms with van der Waals surface area (Å²) in [5, 5.41) is 0. The molecule has 2 fully saturated rings. The van der Waals surface area contributed by atoms with Crippen molar-refractivity contribution in [3.05, 3.63) is 57.6 Å². The maximum absolute atomic E-state index is 6.35. The van der Waals surface area contributed by atoms with Crippen molar-refractivity contribution in [2.45, 2.75) is 66.2 Å². The summed E-state index contributed by atoms with van der Waals surface area (Å²) in [4.78, 5) is 4.86. The molecular formula is C32H48N2O2. The number of likely N-dealkylation sites (tertiary alicyclic amines) is 2. The van der Waals surface area contributed by atoms with E-state index in [1.807, 2.05) is 0 Å². The van der Waals surface area contributed by atoms with Gasteiger partial charge in [0.1, 0.15) is 11.5 Å². The van der Waals surface area contributed by atoms with Crippen molar-refractivity contribution in [1.29, 1.82) is 0 Å². The van der Waals surface area contributed by atoms with Gasteiger partial charge in [0.2, 0.25) is 0 Å². The van der Waals surface area contributed by atoms with Gasteiger partial charge in [-0.25, -0.2) is 0 Å². The molecule has 2 atom stereocenters. The van der Waals surface area contributed by atoms with E-state index in [2.05, 4.69) is 75.9 Å². The molecule has 4 heteroatoms. The summed E-state index contributed by atoms with van der Waals surface area (Å²) in [5.74, 6) is 3.46. The van der Waals surface area contributed by atoms with Crippen molar-refractivity contribution in [2.24, 2.45) is 11.8 Å². The van der Waals surface area contributed by atoms with Crippen LogP contribution in [0.4, 0.5) is 0 Å². The summed E-state index contributed by atoms with van der Waals surface area (Å²) in [6.45, 7) is 15.2. The third-order valence-corrected chi connectivity index (χ3v) is 8.11. The Morgan fingerprint density at radius 1 is 0.639 bits per heavy atom. The van der Waals surface area contributed by atoms with Gasteiger partial charge in [0.15, 0.2) is 0 Å². The zero-order valence-electron chi connectivity index (χ0n) is 23.7. The molecule has 2 heterocycles. The topological polar surface area (TPSA) is 24.9 Å². The standard InChI is InChI=1S/C32H48N2O2/c1-23-15-27(16-24(2)31(23)35-21-29-9-7-13-33(5)19-29)11-12-28-17-25(3)32(26(4)18-28)36-22-30-10-8-14-34(6)20-30/h15-18,29-30H,7-14,19-22H2,1-6H3. The predicted octanol–water partition coefficient (Wildman–Crippen LogP) is 6.15. The van der Waals surface area contributed by atoms with Crippen molar-refractivity contribution in [1.82, 2.24) is 9.80 Å². The first-order valence-electron chi connectivity index (χ1n) is 14.1. The molecule has 4 rings (SSSR count). The molecule has 0 amide bonds. The van der Waals surface area contributed by atoms with Crippen LogP contribution in [-0.2, 0) is 12.8 Å². The summed E-state index contributed by atoms with van der Waals surface area (Å²) in [7, 11) is 4.44. The van der Waals surface area contributed by atoms with Gasteiger partial charge >= 0.3 is 0 Å². The van der Waals surface area contributed by atoms with E-state index in [0.29, 0.717) is 11.8 Å². The van der Waals surface area contributed by atoms with Crippen LogP contribution in [0.2, 0.25) is 0 Å². The van der Waals surface area contributed by atoms with Crippen LogP contribution in [0, 0.1) is 39.5 Å². The molecule has 0 bridgehead atoms. The van der Waals surface area contributed by atoms with Crippen molar-refractivity contribution >= 4 is 0 Å². The van der Waals surface area contributed by atoms with Crippen LogP contribution in [-0.4, -0.2) is 63.3 Å². The van der Waals surface area contributed by atoms with Crippen molar-refractivity contribution in [2.75, 3.05) is 53.5 Å². The number of hydrogen-bond donors (Lipinski definition) is 0. The first-order valence-corrected chi connectivity index (χ1v) is 14.1. The van der Waals surface area contributed by atoms with Crippen molar-refractivity contribution in [3.63, 3.8) is 0 Å². The average Bonchev–Trinajstić information content (AvgIpc) is 2.82. The zero-order valence-corrected chi connectivity index (χ0v) is 23.7. The Hall–Kier alpha value is -2.04. The second kappa shape index (κ2) is 12.5. The monoisotopic (exact) mass is 492 g/mol. The number of hydrogen-bond acceptors (Lipinski definition) is 4. The third kappa shape index (κ3) is 7.26. The second-order valence-corrected chi connectivity index (χ2v) is 11.8. The van der Waals surface area contributed by atoms with Crippen LogP contribution >= 0.6 is 0 Å². The predicted molar refractivity (Wildman–Crippen MR) is 151 cm³/mol. The average molecular weight is 493 g/mol. The van der Waals surface area contributed by atoms with Crippen molar-refractivity contribution < 1.29 is 9.47 Å². The summed E-state index contributed by atoms with van der Waals surface area (Å²) in [6.07, 6.45) is 7.21. The summed E-state index contributed by atoms with van der Waals surface area (Å²) < 4.78 is 12.7. The highest BCUT2D eigenvalue weighted by atomic mass is 16.5. The number of piperidine rings is 2. The van der Waals surface area contributed by atoms with Gasteiger partial charge in [0.25, 0.3) is 0 Å². The maximum atomic E-state index is 6.35. The lowest BCUT2D eigenvalue weighted by molar-refractivity contribution is 0.149. The van der Waals surface area contributed by atoms with Gasteiger partial charge in [-0.05, 0) is 127 Å². The van der Waals surface area contributed by atoms with Crippen LogP contribution in [0.3, 0.4) is 0 Å². The molecule has 2 aromatic carbocycles. The quantitative estimate of drug-likeness (QED) is 0.419. The molecule has 2 unspecified atom stereocenters. The molecule has 2 aliphatic rings. The number of ether oxygens (including phenoxy) is 2. The Morgan fingerprint density at radius 2 is 1.00 bits per heavy atom. The van der Waals surface area contributed by atoms with E-state index in [1.54, 1.807) is 0 Å². The Morgan fingerprint density at radius 3 is 1.33 bits per heavy atom. The Bertz CT molecular complexity index is 890. The van der Waals surface area contributed by atoms with Gasteiger partial charge in [-0.15, -0.1) is 0 Å². The maximum Gasteiger partial charge on any atom is 0.125 e. The van der Waals surface area contributed by atoms with E-state index >= 15 is 0 Å². The molecule has 0 saturated carbocycles. The summed E-state index contributed by atoms with van der Waals surface area (Å²) >= 11 is 0. The van der Waals surface area contributed by atoms with E-state index in [1.165, 1.54) is 72.2 Å². The van der Waals surface area contributed by atoms with E-state index in [4.69, 9.17) is 9.47 Å². The highest BCUT2D eigenvalue weighted by Crippen LogP contribution is 2.29. The molecule has 4 nitrogen and oxygen atoms in total. The molecule has 2 saturated heterocycles. The van der Waals surface area contributed by atoms with Gasteiger partial charge in [0.05, 0.1) is 13.2 Å². The fourth-order valence-corrected chi connectivity index (χ4v) is 6.33. The van der Waals surface area contributed by atoms with Crippen LogP contribution in [0.15, 0.2) is 24.3 Å². The molecule has 2 aliphatic heterocycles. The highest BCUT2D eigenvalue weighted by Gasteiger charge is 2.20. The van der Waals surface area contributed by atoms with Crippen LogP contribution in [0.5, 0.6) is 11.5 Å². The normalized spacial score (nSPS) is 21.5. The zero-order chi connectivity index (χ0) is 25.7. The lowest BCUT2D eigenvalue weighted by atomic mass is 9.97. The van der Waals surface area contributed by atoms with E-state index < -0.39 is 0 Å². The van der Waals surface area contributed by atoms with Gasteiger partial charge in [0, 0.05) is 24.9 Å². The number of benzene rings is 2. The van der Waals surface area contributed by atoms with Gasteiger partial charge in [-0.3, -0.25) is 0 Å². The number of aryl methyl sites for hydroxylation is 6. The third-order valence-electron chi connectivity index (χ3n) is 8.11. The number of nitrogens with zero attached hydrogens (tertiary/aromatic N) is 2. The molecule has 198 valence electrons. The lowest BCUT2D eigenvalue weighted by Crippen LogP contribution is -2.34. The molecule has 2 aromatic rings. The van der Waals surface area contributed by atoms with Crippen LogP contribution in [0.1, 0.15) is 59.1 Å². The SMILES string of the molecule is Cc1cc(CCc2cc(C)c(OCC3CCCN(C)C3)c(C)c2)cc(C)c1OCC1CCCN(C)C1. The minimum absolute atomic E-state index is 0.643. The second-order valence-electron chi connectivity index (χ2n) is 11.8. The largest absolute Gasteiger partial charge is 0.493 e. The fraction of sp³-hybridized carbons (Fsp3) is 0.625. The van der Waals surface area contributed by atoms with E-state index in [-0.39, 0.29) is 0 Å². The molecule has 0 aliphatic carbocycles. The molecule has 0 aromatic heterocycles. The minimum Gasteiger partial charge on any atom is -0.493 e. The highest BCUT2D eigenvalue weighted by molar-refractivity contribution is 5.45. The lowest BCUT2D eigenvalue weighted by Gasteiger charge is -2.30. The minimum atomic E-state index is 0.643.